The van der Waals surface area contributed by atoms with Gasteiger partial charge in [-0.2, -0.15) is 0 Å². The summed E-state index contributed by atoms with van der Waals surface area (Å²) in [5.41, 5.74) is 9.07. The first kappa shape index (κ1) is 16.8. The molecule has 25 heavy (non-hydrogen) atoms. The monoisotopic (exact) mass is 337 g/mol. The fourth-order valence-corrected chi connectivity index (χ4v) is 2.68. The molecule has 0 saturated heterocycles. The van der Waals surface area contributed by atoms with Gasteiger partial charge < -0.3 is 15.2 Å². The molecule has 3 nitrogen and oxygen atoms in total. The van der Waals surface area contributed by atoms with Crippen LogP contribution >= 0.6 is 0 Å². The summed E-state index contributed by atoms with van der Waals surface area (Å²) >= 11 is 0. The number of nitrogen functional groups attached to an aromatic ring is 1. The Morgan fingerprint density at radius 1 is 1.00 bits per heavy atom. The average Bonchev–Trinajstić information content (AvgIpc) is 2.61. The van der Waals surface area contributed by atoms with Crippen LogP contribution < -0.4 is 15.2 Å². The minimum absolute atomic E-state index is 0.124. The standard InChI is InChI=1S/C21H20FNO2/c1-14-4-3-5-15(12-14)20-19(24-2)11-6-16(21(20)22)13-25-18-9-7-17(23)8-10-18/h3-12H,13,23H2,1-2H3. The Morgan fingerprint density at radius 2 is 1.76 bits per heavy atom. The van der Waals surface area contributed by atoms with Crippen molar-refractivity contribution in [2.24, 2.45) is 0 Å². The Kier molecular flexibility index (Phi) is 4.89. The molecule has 4 heteroatoms. The molecule has 3 aromatic rings. The lowest BCUT2D eigenvalue weighted by Crippen LogP contribution is -2.02. The first-order chi connectivity index (χ1) is 12.1. The van der Waals surface area contributed by atoms with Crippen molar-refractivity contribution in [3.05, 3.63) is 77.6 Å². The van der Waals surface area contributed by atoms with Crippen LogP contribution in [0.2, 0.25) is 0 Å². The molecular weight excluding hydrogens is 317 g/mol. The summed E-state index contributed by atoms with van der Waals surface area (Å²) in [7, 11) is 1.54. The largest absolute Gasteiger partial charge is 0.496 e. The van der Waals surface area contributed by atoms with Crippen molar-refractivity contribution in [1.29, 1.82) is 0 Å². The summed E-state index contributed by atoms with van der Waals surface area (Å²) in [5.74, 6) is 0.807. The molecule has 3 rings (SSSR count). The van der Waals surface area contributed by atoms with E-state index in [1.165, 1.54) is 0 Å². The number of hydrogen-bond donors (Lipinski definition) is 1. The highest BCUT2D eigenvalue weighted by atomic mass is 19.1. The number of rotatable bonds is 5. The van der Waals surface area contributed by atoms with Crippen LogP contribution in [0.25, 0.3) is 11.1 Å². The van der Waals surface area contributed by atoms with Crippen LogP contribution in [0.5, 0.6) is 11.5 Å². The average molecular weight is 337 g/mol. The van der Waals surface area contributed by atoms with Gasteiger partial charge in [-0.3, -0.25) is 0 Å². The van der Waals surface area contributed by atoms with Crippen LogP contribution in [-0.2, 0) is 6.61 Å². The van der Waals surface area contributed by atoms with Crippen molar-refractivity contribution >= 4 is 5.69 Å². The molecule has 0 atom stereocenters. The lowest BCUT2D eigenvalue weighted by Gasteiger charge is -2.14. The highest BCUT2D eigenvalue weighted by Gasteiger charge is 2.16. The van der Waals surface area contributed by atoms with Crippen molar-refractivity contribution in [1.82, 2.24) is 0 Å². The smallest absolute Gasteiger partial charge is 0.141 e. The first-order valence-electron chi connectivity index (χ1n) is 7.99. The SMILES string of the molecule is COc1ccc(COc2ccc(N)cc2)c(F)c1-c1cccc(C)c1. The number of anilines is 1. The van der Waals surface area contributed by atoms with E-state index in [2.05, 4.69) is 0 Å². The van der Waals surface area contributed by atoms with Crippen LogP contribution in [-0.4, -0.2) is 7.11 Å². The fourth-order valence-electron chi connectivity index (χ4n) is 2.68. The van der Waals surface area contributed by atoms with E-state index in [1.54, 1.807) is 43.5 Å². The molecule has 0 aliphatic carbocycles. The first-order valence-corrected chi connectivity index (χ1v) is 7.99. The van der Waals surface area contributed by atoms with Gasteiger partial charge in [0, 0.05) is 11.3 Å². The molecule has 128 valence electrons. The fraction of sp³-hybridized carbons (Fsp3) is 0.143. The van der Waals surface area contributed by atoms with E-state index in [4.69, 9.17) is 15.2 Å². The van der Waals surface area contributed by atoms with Crippen molar-refractivity contribution in [3.63, 3.8) is 0 Å². The number of methoxy groups -OCH3 is 1. The molecule has 0 unspecified atom stereocenters. The Hall–Kier alpha value is -3.01. The van der Waals surface area contributed by atoms with Crippen LogP contribution in [0.4, 0.5) is 10.1 Å². The van der Waals surface area contributed by atoms with E-state index in [0.29, 0.717) is 28.3 Å². The van der Waals surface area contributed by atoms with Gasteiger partial charge in [0.1, 0.15) is 23.9 Å². The summed E-state index contributed by atoms with van der Waals surface area (Å²) in [6.07, 6.45) is 0. The van der Waals surface area contributed by atoms with Gasteiger partial charge in [-0.05, 0) is 48.9 Å². The van der Waals surface area contributed by atoms with E-state index in [-0.39, 0.29) is 12.4 Å². The highest BCUT2D eigenvalue weighted by Crippen LogP contribution is 2.35. The molecule has 0 aromatic heterocycles. The molecule has 0 bridgehead atoms. The molecular formula is C21H20FNO2. The normalized spacial score (nSPS) is 10.5. The van der Waals surface area contributed by atoms with Crippen molar-refractivity contribution in [2.45, 2.75) is 13.5 Å². The maximum absolute atomic E-state index is 15.1. The molecule has 3 aromatic carbocycles. The third-order valence-corrected chi connectivity index (χ3v) is 3.98. The van der Waals surface area contributed by atoms with Crippen LogP contribution in [0.1, 0.15) is 11.1 Å². The Morgan fingerprint density at radius 3 is 2.44 bits per heavy atom. The molecule has 0 aliphatic rings. The second kappa shape index (κ2) is 7.26. The molecule has 0 heterocycles. The topological polar surface area (TPSA) is 44.5 Å². The van der Waals surface area contributed by atoms with Gasteiger partial charge >= 0.3 is 0 Å². The molecule has 0 spiro atoms. The lowest BCUT2D eigenvalue weighted by molar-refractivity contribution is 0.299. The second-order valence-electron chi connectivity index (χ2n) is 5.84. The van der Waals surface area contributed by atoms with Crippen molar-refractivity contribution < 1.29 is 13.9 Å². The number of hydrogen-bond acceptors (Lipinski definition) is 3. The van der Waals surface area contributed by atoms with Crippen LogP contribution in [0, 0.1) is 12.7 Å². The van der Waals surface area contributed by atoms with Gasteiger partial charge in [0.15, 0.2) is 0 Å². The summed E-state index contributed by atoms with van der Waals surface area (Å²) in [6, 6.07) is 18.2. The molecule has 0 saturated carbocycles. The Bertz CT molecular complexity index is 876. The van der Waals surface area contributed by atoms with E-state index in [0.717, 1.165) is 11.1 Å². The molecule has 0 aliphatic heterocycles. The highest BCUT2D eigenvalue weighted by molar-refractivity contribution is 5.72. The van der Waals surface area contributed by atoms with Crippen LogP contribution in [0.15, 0.2) is 60.7 Å². The quantitative estimate of drug-likeness (QED) is 0.669. The lowest BCUT2D eigenvalue weighted by atomic mass is 9.99. The van der Waals surface area contributed by atoms with Gasteiger partial charge in [0.2, 0.25) is 0 Å². The maximum atomic E-state index is 15.1. The summed E-state index contributed by atoms with van der Waals surface area (Å²) in [5, 5.41) is 0. The maximum Gasteiger partial charge on any atom is 0.141 e. The zero-order valence-electron chi connectivity index (χ0n) is 14.3. The minimum Gasteiger partial charge on any atom is -0.496 e. The molecule has 0 amide bonds. The van der Waals surface area contributed by atoms with Gasteiger partial charge in [-0.15, -0.1) is 0 Å². The number of benzene rings is 3. The zero-order chi connectivity index (χ0) is 17.8. The minimum atomic E-state index is -0.333. The van der Waals surface area contributed by atoms with Gasteiger partial charge in [0.25, 0.3) is 0 Å². The Balaban J connectivity index is 1.93. The van der Waals surface area contributed by atoms with Crippen molar-refractivity contribution in [3.8, 4) is 22.6 Å². The predicted molar refractivity (Wildman–Crippen MR) is 98.3 cm³/mol. The number of ether oxygens (including phenoxy) is 2. The van der Waals surface area contributed by atoms with E-state index in [9.17, 15) is 0 Å². The third-order valence-electron chi connectivity index (χ3n) is 3.98. The molecule has 0 fully saturated rings. The predicted octanol–water partition coefficient (Wildman–Crippen LogP) is 4.97. The third kappa shape index (κ3) is 3.74. The van der Waals surface area contributed by atoms with Crippen molar-refractivity contribution in [2.75, 3.05) is 12.8 Å². The Labute approximate surface area is 146 Å². The number of nitrogens with two attached hydrogens (primary N) is 1. The summed E-state index contributed by atoms with van der Waals surface area (Å²) < 4.78 is 26.2. The van der Waals surface area contributed by atoms with E-state index < -0.39 is 0 Å². The molecule has 0 radical (unpaired) electrons. The summed E-state index contributed by atoms with van der Waals surface area (Å²) in [4.78, 5) is 0. The number of aryl methyl sites for hydroxylation is 1. The summed E-state index contributed by atoms with van der Waals surface area (Å²) in [6.45, 7) is 2.10. The zero-order valence-corrected chi connectivity index (χ0v) is 14.3. The van der Waals surface area contributed by atoms with Gasteiger partial charge in [0.05, 0.1) is 12.7 Å². The van der Waals surface area contributed by atoms with E-state index in [1.807, 2.05) is 31.2 Å². The van der Waals surface area contributed by atoms with E-state index >= 15 is 4.39 Å². The number of halogens is 1. The second-order valence-corrected chi connectivity index (χ2v) is 5.84. The van der Waals surface area contributed by atoms with Crippen LogP contribution in [0.3, 0.4) is 0 Å². The van der Waals surface area contributed by atoms with Gasteiger partial charge in [-0.25, -0.2) is 4.39 Å². The molecule has 2 N–H and O–H groups in total. The van der Waals surface area contributed by atoms with Gasteiger partial charge in [-0.1, -0.05) is 29.8 Å².